The quantitative estimate of drug-likeness (QED) is 0.506. The molecule has 0 radical (unpaired) electrons. The molecule has 2 N–H and O–H groups in total. The van der Waals surface area contributed by atoms with Crippen LogP contribution >= 0.6 is 0 Å². The van der Waals surface area contributed by atoms with Crippen molar-refractivity contribution in [3.05, 3.63) is 65.9 Å². The summed E-state index contributed by atoms with van der Waals surface area (Å²) in [6, 6.07) is 9.03. The highest BCUT2D eigenvalue weighted by Gasteiger charge is 2.27. The Labute approximate surface area is 154 Å². The van der Waals surface area contributed by atoms with Crippen molar-refractivity contribution in [1.29, 1.82) is 0 Å². The number of hydrogen-bond acceptors (Lipinski definition) is 5. The van der Waals surface area contributed by atoms with Gasteiger partial charge < -0.3 is 14.7 Å². The molecule has 0 aliphatic heterocycles. The molecule has 0 bridgehead atoms. The van der Waals surface area contributed by atoms with E-state index in [4.69, 9.17) is 5.11 Å². The molecule has 8 heteroatoms. The molecule has 2 heterocycles. The van der Waals surface area contributed by atoms with Crippen molar-refractivity contribution in [2.24, 2.45) is 0 Å². The lowest BCUT2D eigenvalue weighted by atomic mass is 10.1. The Kier molecular flexibility index (Phi) is 5.25. The van der Waals surface area contributed by atoms with E-state index in [-0.39, 0.29) is 24.5 Å². The second-order valence-electron chi connectivity index (χ2n) is 5.79. The van der Waals surface area contributed by atoms with Crippen molar-refractivity contribution < 1.29 is 23.8 Å². The zero-order valence-electron chi connectivity index (χ0n) is 14.5. The summed E-state index contributed by atoms with van der Waals surface area (Å²) in [6.07, 6.45) is 2.99. The van der Waals surface area contributed by atoms with Crippen molar-refractivity contribution in [3.63, 3.8) is 0 Å². The summed E-state index contributed by atoms with van der Waals surface area (Å²) in [5.74, 6) is -1.74. The van der Waals surface area contributed by atoms with Crippen molar-refractivity contribution in [2.45, 2.75) is 6.54 Å². The molecule has 0 atom stereocenters. The zero-order chi connectivity index (χ0) is 19.4. The normalized spacial score (nSPS) is 10.6. The Morgan fingerprint density at radius 3 is 2.63 bits per heavy atom. The molecular weight excluding hydrogens is 353 g/mol. The number of halogens is 1. The van der Waals surface area contributed by atoms with Crippen molar-refractivity contribution in [2.75, 3.05) is 13.7 Å². The van der Waals surface area contributed by atoms with Crippen LogP contribution in [0.1, 0.15) is 16.1 Å². The Morgan fingerprint density at radius 1 is 1.19 bits per heavy atom. The molecule has 138 valence electrons. The molecule has 0 saturated carbocycles. The summed E-state index contributed by atoms with van der Waals surface area (Å²) >= 11 is 0. The van der Waals surface area contributed by atoms with Gasteiger partial charge in [-0.3, -0.25) is 9.59 Å². The van der Waals surface area contributed by atoms with Gasteiger partial charge in [0.2, 0.25) is 5.69 Å². The maximum Gasteiger partial charge on any atom is 0.325 e. The Morgan fingerprint density at radius 2 is 1.93 bits per heavy atom. The first-order chi connectivity index (χ1) is 13.0. The number of methoxy groups -OCH3 is 1. The van der Waals surface area contributed by atoms with E-state index >= 15 is 0 Å². The molecular formula is C19H17FN3O4+. The monoisotopic (exact) mass is 370 g/mol. The van der Waals surface area contributed by atoms with E-state index in [2.05, 4.69) is 14.7 Å². The first-order valence-electron chi connectivity index (χ1n) is 8.05. The van der Waals surface area contributed by atoms with Gasteiger partial charge in [0.25, 0.3) is 5.91 Å². The van der Waals surface area contributed by atoms with Gasteiger partial charge in [0.15, 0.2) is 5.52 Å². The van der Waals surface area contributed by atoms with Crippen LogP contribution in [0.4, 0.5) is 4.39 Å². The predicted molar refractivity (Wildman–Crippen MR) is 95.8 cm³/mol. The summed E-state index contributed by atoms with van der Waals surface area (Å²) in [5, 5.41) is 8.90. The number of benzene rings is 1. The van der Waals surface area contributed by atoms with Crippen LogP contribution < -0.4 is 0 Å². The number of hydrogen-bond donors (Lipinski definition) is 0. The maximum absolute atomic E-state index is 13.1. The summed E-state index contributed by atoms with van der Waals surface area (Å²) in [7, 11) is 1.22. The van der Waals surface area contributed by atoms with Crippen molar-refractivity contribution >= 4 is 22.8 Å². The highest BCUT2D eigenvalue weighted by molar-refractivity contribution is 6.01. The van der Waals surface area contributed by atoms with Gasteiger partial charge in [-0.1, -0.05) is 12.1 Å². The molecule has 1 aromatic carbocycles. The standard InChI is InChI=1S/C19H16FN3O4/c1-27-15(24)11-23(10-12-4-6-14(20)7-5-12)19(26)17-18(25)16-13(9-22-17)3-2-8-21-16/h2-9,25H,10-11H2,1H3/p+1. The van der Waals surface area contributed by atoms with E-state index in [0.717, 1.165) is 0 Å². The van der Waals surface area contributed by atoms with Crippen LogP contribution in [-0.2, 0) is 16.1 Å². The lowest BCUT2D eigenvalue weighted by Crippen LogP contribution is -2.36. The summed E-state index contributed by atoms with van der Waals surface area (Å²) in [4.78, 5) is 34.1. The molecule has 0 unspecified atom stereocenters. The molecule has 3 aromatic rings. The maximum atomic E-state index is 13.1. The van der Waals surface area contributed by atoms with Gasteiger partial charge in [0.05, 0.1) is 7.11 Å². The average Bonchev–Trinajstić information content (AvgIpc) is 2.69. The van der Waals surface area contributed by atoms with Gasteiger partial charge in [-0.05, 0) is 29.8 Å². The van der Waals surface area contributed by atoms with Crippen molar-refractivity contribution in [3.8, 4) is 5.75 Å². The van der Waals surface area contributed by atoms with Gasteiger partial charge in [-0.15, -0.1) is 0 Å². The summed E-state index contributed by atoms with van der Waals surface area (Å²) < 4.78 is 17.8. The Hall–Kier alpha value is -3.55. The van der Waals surface area contributed by atoms with Gasteiger partial charge in [0.1, 0.15) is 12.4 Å². The van der Waals surface area contributed by atoms with E-state index in [1.54, 1.807) is 12.1 Å². The second kappa shape index (κ2) is 7.77. The fourth-order valence-electron chi connectivity index (χ4n) is 2.58. The molecule has 3 rings (SSSR count). The Bertz CT molecular complexity index is 992. The molecule has 0 fully saturated rings. The molecule has 0 saturated heterocycles. The minimum absolute atomic E-state index is 0.0373. The number of esters is 1. The minimum Gasteiger partial charge on any atom is -0.590 e. The van der Waals surface area contributed by atoms with Crippen LogP contribution in [0.3, 0.4) is 0 Å². The third-order valence-corrected chi connectivity index (χ3v) is 3.97. The fourth-order valence-corrected chi connectivity index (χ4v) is 2.58. The smallest absolute Gasteiger partial charge is 0.325 e. The first-order valence-corrected chi connectivity index (χ1v) is 8.05. The van der Waals surface area contributed by atoms with Gasteiger partial charge in [-0.2, -0.15) is 0 Å². The second-order valence-corrected chi connectivity index (χ2v) is 5.79. The Balaban J connectivity index is 1.95. The van der Waals surface area contributed by atoms with Crippen LogP contribution in [0.2, 0.25) is 0 Å². The molecule has 2 aromatic heterocycles. The van der Waals surface area contributed by atoms with Crippen LogP contribution in [0.25, 0.3) is 10.9 Å². The molecule has 0 aliphatic carbocycles. The SMILES string of the molecule is COC(=O)CN(Cc1ccc(F)cc1)C(=O)c1ncc2cccnc2c1[OH2+]. The van der Waals surface area contributed by atoms with Crippen LogP contribution in [0.5, 0.6) is 5.75 Å². The highest BCUT2D eigenvalue weighted by atomic mass is 19.1. The van der Waals surface area contributed by atoms with E-state index in [0.29, 0.717) is 16.5 Å². The largest absolute Gasteiger partial charge is 0.590 e. The van der Waals surface area contributed by atoms with E-state index in [1.165, 1.54) is 48.7 Å². The molecule has 1 amide bonds. The number of carbonyl (C=O) groups excluding carboxylic acids is 2. The minimum atomic E-state index is -0.615. The number of aromatic nitrogens is 2. The van der Waals surface area contributed by atoms with E-state index in [1.807, 2.05) is 0 Å². The topological polar surface area (TPSA) is 95.3 Å². The van der Waals surface area contributed by atoms with E-state index in [9.17, 15) is 14.0 Å². The number of rotatable bonds is 5. The lowest BCUT2D eigenvalue weighted by molar-refractivity contribution is -0.141. The number of amides is 1. The fraction of sp³-hybridized carbons (Fsp3) is 0.158. The lowest BCUT2D eigenvalue weighted by Gasteiger charge is -2.21. The van der Waals surface area contributed by atoms with Gasteiger partial charge in [-0.25, -0.2) is 14.4 Å². The van der Waals surface area contributed by atoms with Crippen molar-refractivity contribution in [1.82, 2.24) is 14.9 Å². The number of nitrogens with zero attached hydrogens (tertiary/aromatic N) is 3. The van der Waals surface area contributed by atoms with E-state index < -0.39 is 17.7 Å². The summed E-state index contributed by atoms with van der Waals surface area (Å²) in [6.45, 7) is -0.288. The summed E-state index contributed by atoms with van der Waals surface area (Å²) in [5.41, 5.74) is 0.849. The number of carbonyl (C=O) groups is 2. The molecule has 0 aliphatic rings. The van der Waals surface area contributed by atoms with Crippen LogP contribution in [-0.4, -0.2) is 45.5 Å². The predicted octanol–water partition coefficient (Wildman–Crippen LogP) is 2.02. The van der Waals surface area contributed by atoms with Gasteiger partial charge >= 0.3 is 11.7 Å². The van der Waals surface area contributed by atoms with Gasteiger partial charge in [0, 0.05) is 24.3 Å². The average molecular weight is 370 g/mol. The molecule has 27 heavy (non-hydrogen) atoms. The molecule has 0 spiro atoms. The molecule has 7 nitrogen and oxygen atoms in total. The third-order valence-electron chi connectivity index (χ3n) is 3.97. The first kappa shape index (κ1) is 18.2. The zero-order valence-corrected chi connectivity index (χ0v) is 14.5. The number of pyridine rings is 2. The highest BCUT2D eigenvalue weighted by Crippen LogP contribution is 2.26. The third kappa shape index (κ3) is 4.00. The number of fused-ring (bicyclic) bond motifs is 1. The van der Waals surface area contributed by atoms with Crippen LogP contribution in [0.15, 0.2) is 48.8 Å². The number of ether oxygens (including phenoxy) is 1. The van der Waals surface area contributed by atoms with Crippen LogP contribution in [0, 0.1) is 5.82 Å².